The van der Waals surface area contributed by atoms with Crippen molar-refractivity contribution in [2.45, 2.75) is 19.4 Å². The highest BCUT2D eigenvalue weighted by Gasteiger charge is 2.17. The van der Waals surface area contributed by atoms with E-state index in [1.165, 1.54) is 0 Å². The highest BCUT2D eigenvalue weighted by Crippen LogP contribution is 2.28. The molecule has 8 heteroatoms. The summed E-state index contributed by atoms with van der Waals surface area (Å²) in [4.78, 5) is 0. The zero-order valence-electron chi connectivity index (χ0n) is 15.5. The minimum absolute atomic E-state index is 0.101. The average molecular weight is 363 g/mol. The summed E-state index contributed by atoms with van der Waals surface area (Å²) in [5, 5.41) is 20.7. The Morgan fingerprint density at radius 3 is 2.67 bits per heavy atom. The lowest BCUT2D eigenvalue weighted by Gasteiger charge is -2.19. The minimum atomic E-state index is 0.101. The molecule has 1 atom stereocenters. The van der Waals surface area contributed by atoms with Gasteiger partial charge in [0.05, 0.1) is 30.2 Å². The van der Waals surface area contributed by atoms with E-state index in [2.05, 4.69) is 32.6 Å². The van der Waals surface area contributed by atoms with Crippen LogP contribution in [-0.2, 0) is 7.05 Å². The van der Waals surface area contributed by atoms with Gasteiger partial charge in [0.2, 0.25) is 5.65 Å². The van der Waals surface area contributed by atoms with Crippen LogP contribution in [-0.4, -0.2) is 36.7 Å². The minimum Gasteiger partial charge on any atom is -0.497 e. The normalized spacial score (nSPS) is 12.3. The molecule has 4 aromatic rings. The Bertz CT molecular complexity index is 1050. The third-order valence-electron chi connectivity index (χ3n) is 4.61. The molecule has 3 aromatic heterocycles. The molecule has 4 rings (SSSR count). The second kappa shape index (κ2) is 7.06. The van der Waals surface area contributed by atoms with Crippen molar-refractivity contribution in [1.29, 1.82) is 0 Å². The van der Waals surface area contributed by atoms with Crippen molar-refractivity contribution < 1.29 is 4.74 Å². The Hall–Kier alpha value is -3.42. The van der Waals surface area contributed by atoms with Gasteiger partial charge >= 0.3 is 0 Å². The molecule has 0 bridgehead atoms. The molecule has 0 amide bonds. The van der Waals surface area contributed by atoms with Gasteiger partial charge in [-0.3, -0.25) is 4.68 Å². The van der Waals surface area contributed by atoms with Crippen LogP contribution in [0.1, 0.15) is 25.1 Å². The summed E-state index contributed by atoms with van der Waals surface area (Å²) in [5.74, 6) is 0.810. The van der Waals surface area contributed by atoms with Crippen LogP contribution in [0.15, 0.2) is 48.9 Å². The molecule has 27 heavy (non-hydrogen) atoms. The van der Waals surface area contributed by atoms with Crippen LogP contribution >= 0.6 is 0 Å². The van der Waals surface area contributed by atoms with Gasteiger partial charge in [0, 0.05) is 18.8 Å². The molecule has 0 fully saturated rings. The summed E-state index contributed by atoms with van der Waals surface area (Å²) in [5.41, 5.74) is 4.49. The molecule has 1 N–H and O–H groups in total. The molecule has 0 saturated heterocycles. The summed E-state index contributed by atoms with van der Waals surface area (Å²) in [6.45, 7) is 2.14. The SMILES string of the molecule is CCC(Nc1cc(-c2ccc(OC)cc2)nn2cnnc12)c1ccnn1C. The standard InChI is InChI=1S/C19H21N7O/c1-4-15(18-9-10-21-25(18)2)22-17-11-16(24-26-12-20-23-19(17)26)13-5-7-14(27-3)8-6-13/h5-12,15,22H,4H2,1-3H3. The van der Waals surface area contributed by atoms with E-state index in [-0.39, 0.29) is 6.04 Å². The first-order valence-electron chi connectivity index (χ1n) is 8.79. The summed E-state index contributed by atoms with van der Waals surface area (Å²) < 4.78 is 8.82. The first kappa shape index (κ1) is 17.0. The lowest BCUT2D eigenvalue weighted by molar-refractivity contribution is 0.415. The van der Waals surface area contributed by atoms with Crippen LogP contribution in [0.4, 0.5) is 5.69 Å². The molecular formula is C19H21N7O. The Labute approximate surface area is 156 Å². The van der Waals surface area contributed by atoms with Crippen molar-refractivity contribution >= 4 is 11.3 Å². The van der Waals surface area contributed by atoms with E-state index >= 15 is 0 Å². The van der Waals surface area contributed by atoms with Gasteiger partial charge in [0.1, 0.15) is 12.1 Å². The smallest absolute Gasteiger partial charge is 0.200 e. The fourth-order valence-electron chi connectivity index (χ4n) is 3.13. The van der Waals surface area contributed by atoms with E-state index in [4.69, 9.17) is 4.74 Å². The van der Waals surface area contributed by atoms with E-state index in [9.17, 15) is 0 Å². The number of fused-ring (bicyclic) bond motifs is 1. The predicted molar refractivity (Wildman–Crippen MR) is 103 cm³/mol. The zero-order valence-corrected chi connectivity index (χ0v) is 15.5. The molecule has 1 unspecified atom stereocenters. The zero-order chi connectivity index (χ0) is 18.8. The summed E-state index contributed by atoms with van der Waals surface area (Å²) in [6, 6.07) is 11.9. The van der Waals surface area contributed by atoms with E-state index in [1.54, 1.807) is 18.0 Å². The number of ether oxygens (including phenoxy) is 1. The van der Waals surface area contributed by atoms with Crippen molar-refractivity contribution in [1.82, 2.24) is 29.6 Å². The second-order valence-electron chi connectivity index (χ2n) is 6.26. The molecule has 0 spiro atoms. The van der Waals surface area contributed by atoms with Crippen molar-refractivity contribution in [3.63, 3.8) is 0 Å². The molecule has 0 aliphatic heterocycles. The van der Waals surface area contributed by atoms with Gasteiger partial charge in [0.15, 0.2) is 0 Å². The lowest BCUT2D eigenvalue weighted by Crippen LogP contribution is -2.15. The molecule has 0 aliphatic rings. The molecule has 1 aromatic carbocycles. The summed E-state index contributed by atoms with van der Waals surface area (Å²) in [7, 11) is 3.60. The van der Waals surface area contributed by atoms with Gasteiger partial charge in [-0.25, -0.2) is 0 Å². The summed E-state index contributed by atoms with van der Waals surface area (Å²) in [6.07, 6.45) is 4.32. The molecule has 3 heterocycles. The van der Waals surface area contributed by atoms with Gasteiger partial charge in [-0.1, -0.05) is 6.92 Å². The highest BCUT2D eigenvalue weighted by atomic mass is 16.5. The first-order valence-corrected chi connectivity index (χ1v) is 8.79. The highest BCUT2D eigenvalue weighted by molar-refractivity contribution is 5.73. The first-order chi connectivity index (χ1) is 13.2. The summed E-state index contributed by atoms with van der Waals surface area (Å²) >= 11 is 0. The van der Waals surface area contributed by atoms with Gasteiger partial charge in [-0.15, -0.1) is 10.2 Å². The molecular weight excluding hydrogens is 342 g/mol. The Morgan fingerprint density at radius 2 is 2.00 bits per heavy atom. The Kier molecular flexibility index (Phi) is 4.45. The molecule has 8 nitrogen and oxygen atoms in total. The average Bonchev–Trinajstić information content (AvgIpc) is 3.35. The van der Waals surface area contributed by atoms with Crippen LogP contribution in [0.25, 0.3) is 16.9 Å². The van der Waals surface area contributed by atoms with Gasteiger partial charge in [-0.05, 0) is 42.8 Å². The maximum atomic E-state index is 5.24. The number of methoxy groups -OCH3 is 1. The van der Waals surface area contributed by atoms with Crippen molar-refractivity contribution in [2.24, 2.45) is 7.05 Å². The van der Waals surface area contributed by atoms with Crippen molar-refractivity contribution in [3.05, 3.63) is 54.6 Å². The van der Waals surface area contributed by atoms with Crippen molar-refractivity contribution in [2.75, 3.05) is 12.4 Å². The van der Waals surface area contributed by atoms with Gasteiger partial charge < -0.3 is 10.1 Å². The number of nitrogens with zero attached hydrogens (tertiary/aromatic N) is 6. The third kappa shape index (κ3) is 3.21. The van der Waals surface area contributed by atoms with E-state index in [0.717, 1.165) is 34.8 Å². The number of aryl methyl sites for hydroxylation is 1. The second-order valence-corrected chi connectivity index (χ2v) is 6.26. The third-order valence-corrected chi connectivity index (χ3v) is 4.61. The number of nitrogens with one attached hydrogen (secondary N) is 1. The van der Waals surface area contributed by atoms with Gasteiger partial charge in [0.25, 0.3) is 0 Å². The topological polar surface area (TPSA) is 82.2 Å². The largest absolute Gasteiger partial charge is 0.497 e. The van der Waals surface area contributed by atoms with E-state index in [1.807, 2.05) is 54.3 Å². The van der Waals surface area contributed by atoms with Crippen LogP contribution < -0.4 is 10.1 Å². The molecule has 0 saturated carbocycles. The number of hydrogen-bond donors (Lipinski definition) is 1. The number of anilines is 1. The fourth-order valence-corrected chi connectivity index (χ4v) is 3.13. The van der Waals surface area contributed by atoms with Crippen LogP contribution in [0.2, 0.25) is 0 Å². The molecule has 0 aliphatic carbocycles. The fraction of sp³-hybridized carbons (Fsp3) is 0.263. The van der Waals surface area contributed by atoms with Crippen LogP contribution in [0, 0.1) is 0 Å². The van der Waals surface area contributed by atoms with Gasteiger partial charge in [-0.2, -0.15) is 14.7 Å². The monoisotopic (exact) mass is 363 g/mol. The quantitative estimate of drug-likeness (QED) is 0.567. The van der Waals surface area contributed by atoms with Crippen LogP contribution in [0.5, 0.6) is 5.75 Å². The molecule has 138 valence electrons. The van der Waals surface area contributed by atoms with Crippen LogP contribution in [0.3, 0.4) is 0 Å². The number of rotatable bonds is 6. The predicted octanol–water partition coefficient (Wildman–Crippen LogP) is 3.10. The van der Waals surface area contributed by atoms with Crippen molar-refractivity contribution in [3.8, 4) is 17.0 Å². The Morgan fingerprint density at radius 1 is 1.19 bits per heavy atom. The van der Waals surface area contributed by atoms with E-state index < -0.39 is 0 Å². The number of aromatic nitrogens is 6. The maximum Gasteiger partial charge on any atom is 0.200 e. The maximum absolute atomic E-state index is 5.24. The number of hydrogen-bond acceptors (Lipinski definition) is 6. The lowest BCUT2D eigenvalue weighted by atomic mass is 10.1. The molecule has 0 radical (unpaired) electrons. The Balaban J connectivity index is 1.75. The van der Waals surface area contributed by atoms with E-state index in [0.29, 0.717) is 5.65 Å². The number of benzene rings is 1.